The van der Waals surface area contributed by atoms with E-state index >= 15 is 0 Å². The molecule has 122 valence electrons. The number of amides is 1. The third-order valence-electron chi connectivity index (χ3n) is 5.71. The zero-order valence-corrected chi connectivity index (χ0v) is 13.8. The van der Waals surface area contributed by atoms with Gasteiger partial charge in [-0.25, -0.2) is 0 Å². The Morgan fingerprint density at radius 1 is 0.792 bits per heavy atom. The highest BCUT2D eigenvalue weighted by atomic mass is 16.2. The van der Waals surface area contributed by atoms with Crippen LogP contribution in [-0.4, -0.2) is 34.3 Å². The standard InChI is InChI=1S/C21H22N2O/c24-21-20(11-12-23(21)17-9-10-17)22-13-15-5-1-3-7-18(15)19-8-4-2-6-16(19)14-22/h1-8,17,20H,9-14H2/t20-/m1/s1. The van der Waals surface area contributed by atoms with E-state index in [9.17, 15) is 4.79 Å². The van der Waals surface area contributed by atoms with Crippen molar-refractivity contribution < 1.29 is 4.79 Å². The van der Waals surface area contributed by atoms with E-state index in [0.29, 0.717) is 11.9 Å². The van der Waals surface area contributed by atoms with E-state index in [2.05, 4.69) is 58.3 Å². The molecule has 1 aliphatic carbocycles. The van der Waals surface area contributed by atoms with Gasteiger partial charge in [0.15, 0.2) is 0 Å². The second kappa shape index (κ2) is 5.45. The summed E-state index contributed by atoms with van der Waals surface area (Å²) in [6.07, 6.45) is 3.37. The van der Waals surface area contributed by atoms with Crippen LogP contribution in [0.25, 0.3) is 11.1 Å². The van der Waals surface area contributed by atoms with Gasteiger partial charge in [-0.1, -0.05) is 48.5 Å². The Bertz CT molecular complexity index is 748. The normalized spacial score (nSPS) is 23.8. The van der Waals surface area contributed by atoms with E-state index in [1.807, 2.05) is 0 Å². The minimum absolute atomic E-state index is 0.0461. The first-order valence-electron chi connectivity index (χ1n) is 9.02. The Morgan fingerprint density at radius 2 is 1.38 bits per heavy atom. The van der Waals surface area contributed by atoms with Crippen molar-refractivity contribution in [3.05, 3.63) is 59.7 Å². The highest BCUT2D eigenvalue weighted by Gasteiger charge is 2.43. The quantitative estimate of drug-likeness (QED) is 0.847. The lowest BCUT2D eigenvalue weighted by atomic mass is 9.97. The van der Waals surface area contributed by atoms with Crippen molar-refractivity contribution in [3.8, 4) is 11.1 Å². The maximum atomic E-state index is 12.9. The number of hydrogen-bond donors (Lipinski definition) is 0. The van der Waals surface area contributed by atoms with Crippen LogP contribution in [0, 0.1) is 0 Å². The van der Waals surface area contributed by atoms with Crippen molar-refractivity contribution in [3.63, 3.8) is 0 Å². The van der Waals surface area contributed by atoms with Gasteiger partial charge < -0.3 is 4.90 Å². The van der Waals surface area contributed by atoms with Crippen LogP contribution in [0.5, 0.6) is 0 Å². The van der Waals surface area contributed by atoms with Gasteiger partial charge >= 0.3 is 0 Å². The number of benzene rings is 2. The van der Waals surface area contributed by atoms with Crippen molar-refractivity contribution in [1.29, 1.82) is 0 Å². The number of carbonyl (C=O) groups is 1. The Balaban J connectivity index is 1.52. The van der Waals surface area contributed by atoms with E-state index in [4.69, 9.17) is 0 Å². The fourth-order valence-corrected chi connectivity index (χ4v) is 4.33. The maximum absolute atomic E-state index is 12.9. The van der Waals surface area contributed by atoms with Gasteiger partial charge in [-0.15, -0.1) is 0 Å². The summed E-state index contributed by atoms with van der Waals surface area (Å²) in [4.78, 5) is 17.4. The van der Waals surface area contributed by atoms with Crippen molar-refractivity contribution in [1.82, 2.24) is 9.80 Å². The first-order valence-corrected chi connectivity index (χ1v) is 9.02. The summed E-state index contributed by atoms with van der Waals surface area (Å²) >= 11 is 0. The Hall–Kier alpha value is -2.13. The van der Waals surface area contributed by atoms with E-state index in [1.165, 1.54) is 35.1 Å². The molecule has 2 heterocycles. The molecule has 3 heteroatoms. The summed E-state index contributed by atoms with van der Waals surface area (Å²) in [6, 6.07) is 17.9. The molecular weight excluding hydrogens is 296 g/mol. The molecule has 2 aromatic carbocycles. The molecule has 2 aromatic rings. The second-order valence-electron chi connectivity index (χ2n) is 7.29. The van der Waals surface area contributed by atoms with Crippen LogP contribution in [-0.2, 0) is 17.9 Å². The van der Waals surface area contributed by atoms with Gasteiger partial charge in [-0.2, -0.15) is 0 Å². The van der Waals surface area contributed by atoms with E-state index in [1.54, 1.807) is 0 Å². The largest absolute Gasteiger partial charge is 0.338 e. The van der Waals surface area contributed by atoms with Gasteiger partial charge in [-0.05, 0) is 41.5 Å². The second-order valence-corrected chi connectivity index (χ2v) is 7.29. The molecule has 0 N–H and O–H groups in total. The lowest BCUT2D eigenvalue weighted by molar-refractivity contribution is -0.133. The molecule has 24 heavy (non-hydrogen) atoms. The molecule has 2 aliphatic heterocycles. The predicted octanol–water partition coefficient (Wildman–Crippen LogP) is 3.43. The molecule has 0 spiro atoms. The van der Waals surface area contributed by atoms with E-state index < -0.39 is 0 Å². The molecule has 1 saturated heterocycles. The topological polar surface area (TPSA) is 23.6 Å². The van der Waals surface area contributed by atoms with Crippen molar-refractivity contribution in [2.75, 3.05) is 6.54 Å². The Kier molecular flexibility index (Phi) is 3.23. The molecule has 0 radical (unpaired) electrons. The summed E-state index contributed by atoms with van der Waals surface area (Å²) in [5, 5.41) is 0. The number of rotatable bonds is 2. The van der Waals surface area contributed by atoms with Gasteiger partial charge in [0.1, 0.15) is 0 Å². The SMILES string of the molecule is O=C1[C@H](N2Cc3ccccc3-c3ccccc3C2)CCN1C1CC1. The summed E-state index contributed by atoms with van der Waals surface area (Å²) in [6.45, 7) is 2.66. The van der Waals surface area contributed by atoms with Crippen LogP contribution in [0.15, 0.2) is 48.5 Å². The van der Waals surface area contributed by atoms with Crippen molar-refractivity contribution in [2.24, 2.45) is 0 Å². The number of nitrogens with zero attached hydrogens (tertiary/aromatic N) is 2. The lowest BCUT2D eigenvalue weighted by Gasteiger charge is -2.27. The minimum Gasteiger partial charge on any atom is -0.338 e. The van der Waals surface area contributed by atoms with Gasteiger partial charge in [0.25, 0.3) is 0 Å². The molecule has 0 unspecified atom stereocenters. The van der Waals surface area contributed by atoms with Crippen LogP contribution in [0.1, 0.15) is 30.4 Å². The van der Waals surface area contributed by atoms with Gasteiger partial charge in [0, 0.05) is 25.7 Å². The fourth-order valence-electron chi connectivity index (χ4n) is 4.33. The van der Waals surface area contributed by atoms with Crippen LogP contribution in [0.2, 0.25) is 0 Å². The molecule has 3 aliphatic rings. The predicted molar refractivity (Wildman–Crippen MR) is 94.3 cm³/mol. The summed E-state index contributed by atoms with van der Waals surface area (Å²) in [5.41, 5.74) is 5.31. The first-order chi connectivity index (χ1) is 11.8. The zero-order valence-electron chi connectivity index (χ0n) is 13.8. The van der Waals surface area contributed by atoms with Gasteiger partial charge in [0.2, 0.25) is 5.91 Å². The highest BCUT2D eigenvalue weighted by Crippen LogP contribution is 2.36. The number of likely N-dealkylation sites (tertiary alicyclic amines) is 1. The minimum atomic E-state index is 0.0461. The lowest BCUT2D eigenvalue weighted by Crippen LogP contribution is -2.41. The highest BCUT2D eigenvalue weighted by molar-refractivity contribution is 5.85. The first kappa shape index (κ1) is 14.2. The van der Waals surface area contributed by atoms with Crippen LogP contribution >= 0.6 is 0 Å². The third kappa shape index (κ3) is 2.27. The van der Waals surface area contributed by atoms with Crippen LogP contribution in [0.4, 0.5) is 0 Å². The molecule has 2 fully saturated rings. The van der Waals surface area contributed by atoms with Gasteiger partial charge in [0.05, 0.1) is 6.04 Å². The average Bonchev–Trinajstić information content (AvgIpc) is 3.40. The summed E-state index contributed by atoms with van der Waals surface area (Å²) < 4.78 is 0. The van der Waals surface area contributed by atoms with E-state index in [0.717, 1.165) is 26.1 Å². The molecular formula is C21H22N2O. The third-order valence-corrected chi connectivity index (χ3v) is 5.71. The van der Waals surface area contributed by atoms with Gasteiger partial charge in [-0.3, -0.25) is 9.69 Å². The van der Waals surface area contributed by atoms with Crippen LogP contribution < -0.4 is 0 Å². The molecule has 5 rings (SSSR count). The molecule has 3 nitrogen and oxygen atoms in total. The molecule has 1 atom stereocenters. The fraction of sp³-hybridized carbons (Fsp3) is 0.381. The Labute approximate surface area is 142 Å². The number of carbonyl (C=O) groups excluding carboxylic acids is 1. The number of hydrogen-bond acceptors (Lipinski definition) is 2. The molecule has 0 aromatic heterocycles. The Morgan fingerprint density at radius 3 is 1.96 bits per heavy atom. The smallest absolute Gasteiger partial charge is 0.240 e. The molecule has 1 amide bonds. The number of fused-ring (bicyclic) bond motifs is 3. The average molecular weight is 318 g/mol. The van der Waals surface area contributed by atoms with Crippen molar-refractivity contribution in [2.45, 2.75) is 44.4 Å². The van der Waals surface area contributed by atoms with Crippen LogP contribution in [0.3, 0.4) is 0 Å². The maximum Gasteiger partial charge on any atom is 0.240 e. The molecule has 0 bridgehead atoms. The summed E-state index contributed by atoms with van der Waals surface area (Å²) in [7, 11) is 0. The summed E-state index contributed by atoms with van der Waals surface area (Å²) in [5.74, 6) is 0.356. The molecule has 1 saturated carbocycles. The van der Waals surface area contributed by atoms with E-state index in [-0.39, 0.29) is 6.04 Å². The monoisotopic (exact) mass is 318 g/mol. The van der Waals surface area contributed by atoms with Crippen molar-refractivity contribution >= 4 is 5.91 Å². The zero-order chi connectivity index (χ0) is 16.1.